The Balaban J connectivity index is 0.000000368. The van der Waals surface area contributed by atoms with Crippen LogP contribution in [-0.2, 0) is 4.79 Å². The van der Waals surface area contributed by atoms with Crippen LogP contribution in [0.3, 0.4) is 0 Å². The van der Waals surface area contributed by atoms with Crippen molar-refractivity contribution in [2.75, 3.05) is 11.9 Å². The van der Waals surface area contributed by atoms with Crippen LogP contribution < -0.4 is 5.32 Å². The van der Waals surface area contributed by atoms with Crippen LogP contribution in [0.15, 0.2) is 48.5 Å². The Labute approximate surface area is 152 Å². The zero-order valence-corrected chi connectivity index (χ0v) is 16.3. The average Bonchev–Trinajstić information content (AvgIpc) is 2.58. The quantitative estimate of drug-likeness (QED) is 0.735. The number of anilines is 1. The highest BCUT2D eigenvalue weighted by molar-refractivity contribution is 5.93. The lowest BCUT2D eigenvalue weighted by Gasteiger charge is -2.01. The number of hydrogen-bond donors (Lipinski definition) is 1. The Kier molecular flexibility index (Phi) is 11.7. The molecular weight excluding hydrogens is 310 g/mol. The molecule has 0 saturated heterocycles. The van der Waals surface area contributed by atoms with Crippen molar-refractivity contribution in [3.05, 3.63) is 65.2 Å². The molecule has 0 radical (unpaired) electrons. The Hall–Kier alpha value is -2.42. The van der Waals surface area contributed by atoms with E-state index in [9.17, 15) is 9.59 Å². The molecule has 1 N–H and O–H groups in total. The lowest BCUT2D eigenvalue weighted by atomic mass is 10.1. The predicted molar refractivity (Wildman–Crippen MR) is 107 cm³/mol. The molecule has 25 heavy (non-hydrogen) atoms. The maximum absolute atomic E-state index is 10.8. The van der Waals surface area contributed by atoms with Gasteiger partial charge in [0.05, 0.1) is 0 Å². The number of carbonyl (C=O) groups is 2. The number of aryl methyl sites for hydroxylation is 2. The largest absolute Gasteiger partial charge is 0.385 e. The molecule has 0 bridgehead atoms. The minimum absolute atomic E-state index is 0.125. The molecule has 0 aliphatic heterocycles. The van der Waals surface area contributed by atoms with E-state index in [0.29, 0.717) is 6.42 Å². The number of Topliss-reactive ketones (excluding diaryl/α,β-unsaturated/α-hetero) is 2. The van der Waals surface area contributed by atoms with Crippen LogP contribution in [0.25, 0.3) is 0 Å². The predicted octanol–water partition coefficient (Wildman–Crippen LogP) is 5.61. The number of ketones is 2. The number of benzene rings is 2. The molecule has 2 aromatic carbocycles. The van der Waals surface area contributed by atoms with Gasteiger partial charge < -0.3 is 10.1 Å². The highest BCUT2D eigenvalue weighted by Gasteiger charge is 1.95. The monoisotopic (exact) mass is 341 g/mol. The van der Waals surface area contributed by atoms with E-state index in [2.05, 4.69) is 43.4 Å². The van der Waals surface area contributed by atoms with Gasteiger partial charge in [0.2, 0.25) is 0 Å². The average molecular weight is 341 g/mol. The second kappa shape index (κ2) is 12.9. The molecule has 0 atom stereocenters. The summed E-state index contributed by atoms with van der Waals surface area (Å²) >= 11 is 0. The summed E-state index contributed by atoms with van der Waals surface area (Å²) in [5.74, 6) is 0.380. The van der Waals surface area contributed by atoms with Gasteiger partial charge in [-0.3, -0.25) is 4.79 Å². The second-order valence-corrected chi connectivity index (χ2v) is 5.87. The van der Waals surface area contributed by atoms with Gasteiger partial charge in [-0.1, -0.05) is 54.4 Å². The van der Waals surface area contributed by atoms with E-state index in [1.54, 1.807) is 13.8 Å². The van der Waals surface area contributed by atoms with Crippen molar-refractivity contribution in [1.29, 1.82) is 0 Å². The summed E-state index contributed by atoms with van der Waals surface area (Å²) in [7, 11) is 0. The van der Waals surface area contributed by atoms with Crippen molar-refractivity contribution in [3.8, 4) is 0 Å². The highest BCUT2D eigenvalue weighted by atomic mass is 16.1. The fourth-order valence-corrected chi connectivity index (χ4v) is 1.66. The first kappa shape index (κ1) is 22.6. The van der Waals surface area contributed by atoms with E-state index in [0.717, 1.165) is 12.1 Å². The third kappa shape index (κ3) is 11.7. The minimum Gasteiger partial charge on any atom is -0.385 e. The highest BCUT2D eigenvalue weighted by Crippen LogP contribution is 2.07. The van der Waals surface area contributed by atoms with Gasteiger partial charge >= 0.3 is 0 Å². The molecular formula is C22H31NO2. The molecule has 3 nitrogen and oxygen atoms in total. The molecule has 0 aromatic heterocycles. The van der Waals surface area contributed by atoms with Crippen molar-refractivity contribution in [3.63, 3.8) is 0 Å². The van der Waals surface area contributed by atoms with Gasteiger partial charge in [0.25, 0.3) is 0 Å². The van der Waals surface area contributed by atoms with Gasteiger partial charge in [-0.05, 0) is 46.8 Å². The maximum atomic E-state index is 10.8. The molecule has 2 aromatic rings. The Morgan fingerprint density at radius 2 is 1.20 bits per heavy atom. The second-order valence-electron chi connectivity index (χ2n) is 5.87. The van der Waals surface area contributed by atoms with E-state index >= 15 is 0 Å². The summed E-state index contributed by atoms with van der Waals surface area (Å²) in [4.78, 5) is 20.6. The van der Waals surface area contributed by atoms with E-state index < -0.39 is 0 Å². The number of hydrogen-bond acceptors (Lipinski definition) is 3. The molecule has 0 heterocycles. The smallest absolute Gasteiger partial charge is 0.159 e. The van der Waals surface area contributed by atoms with Crippen LogP contribution in [-0.4, -0.2) is 18.1 Å². The van der Waals surface area contributed by atoms with Crippen molar-refractivity contribution < 1.29 is 9.59 Å². The normalized spacial score (nSPS) is 9.04. The minimum atomic E-state index is 0.125. The number of carbonyl (C=O) groups excluding carboxylic acids is 2. The molecule has 0 unspecified atom stereocenters. The molecule has 0 saturated carbocycles. The maximum Gasteiger partial charge on any atom is 0.159 e. The van der Waals surface area contributed by atoms with Gasteiger partial charge in [0, 0.05) is 24.2 Å². The van der Waals surface area contributed by atoms with Crippen LogP contribution in [0.1, 0.15) is 55.6 Å². The van der Waals surface area contributed by atoms with Crippen LogP contribution in [0.2, 0.25) is 0 Å². The molecule has 3 heteroatoms. The first-order valence-electron chi connectivity index (χ1n) is 8.67. The molecule has 0 fully saturated rings. The van der Waals surface area contributed by atoms with E-state index in [4.69, 9.17) is 0 Å². The Morgan fingerprint density at radius 3 is 1.52 bits per heavy atom. The number of nitrogens with one attached hydrogen (secondary N) is 1. The van der Waals surface area contributed by atoms with Crippen LogP contribution in [0, 0.1) is 13.8 Å². The van der Waals surface area contributed by atoms with Gasteiger partial charge in [-0.2, -0.15) is 0 Å². The number of rotatable bonds is 4. The van der Waals surface area contributed by atoms with Crippen molar-refractivity contribution in [2.24, 2.45) is 0 Å². The summed E-state index contributed by atoms with van der Waals surface area (Å²) in [6.45, 7) is 12.2. The zero-order chi connectivity index (χ0) is 19.2. The van der Waals surface area contributed by atoms with Crippen LogP contribution in [0.5, 0.6) is 0 Å². The van der Waals surface area contributed by atoms with Crippen molar-refractivity contribution >= 4 is 17.3 Å². The Morgan fingerprint density at radius 1 is 0.800 bits per heavy atom. The van der Waals surface area contributed by atoms with Gasteiger partial charge in [-0.15, -0.1) is 0 Å². The molecule has 0 spiro atoms. The third-order valence-corrected chi connectivity index (χ3v) is 3.39. The molecule has 0 aliphatic carbocycles. The lowest BCUT2D eigenvalue weighted by Crippen LogP contribution is -1.95. The fourth-order valence-electron chi connectivity index (χ4n) is 1.66. The van der Waals surface area contributed by atoms with E-state index in [-0.39, 0.29) is 11.6 Å². The zero-order valence-electron chi connectivity index (χ0n) is 16.3. The lowest BCUT2D eigenvalue weighted by molar-refractivity contribution is -0.116. The molecule has 0 aliphatic rings. The third-order valence-electron chi connectivity index (χ3n) is 3.39. The van der Waals surface area contributed by atoms with Gasteiger partial charge in [-0.25, -0.2) is 0 Å². The summed E-state index contributed by atoms with van der Waals surface area (Å²) in [5, 5.41) is 3.23. The molecule has 2 rings (SSSR count). The summed E-state index contributed by atoms with van der Waals surface area (Å²) in [6.07, 6.45) is 0.667. The summed E-state index contributed by atoms with van der Waals surface area (Å²) in [5.41, 5.74) is 4.48. The van der Waals surface area contributed by atoms with Crippen LogP contribution >= 0.6 is 0 Å². The standard InChI is InChI=1S/C9H13N.C9H10O.C4H8O/c1-3-10-9-6-4-8(2)5-7-9;1-7-3-5-9(6-4-7)8(2)10;1-3-4(2)5/h4-7,10H,3H2,1-2H3;3-6H,1-2H3;3H2,1-2H3. The van der Waals surface area contributed by atoms with Gasteiger partial charge in [0.15, 0.2) is 5.78 Å². The first-order valence-corrected chi connectivity index (χ1v) is 8.67. The topological polar surface area (TPSA) is 46.2 Å². The SMILES string of the molecule is CC(=O)c1ccc(C)cc1.CCC(C)=O.CCNc1ccc(C)cc1. The van der Waals surface area contributed by atoms with Crippen molar-refractivity contribution in [2.45, 2.75) is 48.0 Å². The molecule has 136 valence electrons. The van der Waals surface area contributed by atoms with Crippen LogP contribution in [0.4, 0.5) is 5.69 Å². The summed E-state index contributed by atoms with van der Waals surface area (Å²) in [6, 6.07) is 16.0. The summed E-state index contributed by atoms with van der Waals surface area (Å²) < 4.78 is 0. The van der Waals surface area contributed by atoms with Crippen molar-refractivity contribution in [1.82, 2.24) is 0 Å². The molecule has 0 amide bonds. The first-order chi connectivity index (χ1) is 11.8. The van der Waals surface area contributed by atoms with E-state index in [1.165, 1.54) is 16.8 Å². The Bertz CT molecular complexity index is 628. The van der Waals surface area contributed by atoms with E-state index in [1.807, 2.05) is 38.1 Å². The van der Waals surface area contributed by atoms with Gasteiger partial charge in [0.1, 0.15) is 5.78 Å². The fraction of sp³-hybridized carbons (Fsp3) is 0.364.